The number of morpholine rings is 1. The quantitative estimate of drug-likeness (QED) is 0.501. The Hall–Kier alpha value is -3.58. The highest BCUT2D eigenvalue weighted by Gasteiger charge is 2.30. The number of benzene rings is 1. The van der Waals surface area contributed by atoms with Gasteiger partial charge in [0.15, 0.2) is 11.6 Å². The van der Waals surface area contributed by atoms with Gasteiger partial charge in [-0.1, -0.05) is 0 Å². The molecule has 0 bridgehead atoms. The second kappa shape index (κ2) is 9.96. The Kier molecular flexibility index (Phi) is 6.98. The third-order valence-corrected chi connectivity index (χ3v) is 5.74. The Morgan fingerprint density at radius 1 is 1.17 bits per heavy atom. The maximum atomic E-state index is 14.5. The number of ether oxygens (including phenoxy) is 1. The van der Waals surface area contributed by atoms with E-state index in [9.17, 15) is 31.9 Å². The molecule has 1 saturated heterocycles. The fourth-order valence-corrected chi connectivity index (χ4v) is 3.97. The van der Waals surface area contributed by atoms with Crippen LogP contribution in [0.2, 0.25) is 0 Å². The zero-order valence-electron chi connectivity index (χ0n) is 18.5. The van der Waals surface area contributed by atoms with Gasteiger partial charge in [-0.05, 0) is 19.1 Å². The molecule has 1 aromatic carbocycles. The summed E-state index contributed by atoms with van der Waals surface area (Å²) >= 11 is 0. The molecule has 3 heterocycles. The molecular weight excluding hydrogens is 474 g/mol. The Morgan fingerprint density at radius 3 is 2.57 bits per heavy atom. The van der Waals surface area contributed by atoms with E-state index < -0.39 is 57.9 Å². The normalized spacial score (nSPS) is 16.3. The van der Waals surface area contributed by atoms with Crippen molar-refractivity contribution < 1.29 is 27.1 Å². The number of pyridine rings is 1. The zero-order chi connectivity index (χ0) is 25.3. The van der Waals surface area contributed by atoms with Crippen molar-refractivity contribution in [2.24, 2.45) is 0 Å². The molecule has 1 aliphatic rings. The number of H-pyrrole nitrogens is 1. The van der Waals surface area contributed by atoms with E-state index in [1.54, 1.807) is 4.90 Å². The van der Waals surface area contributed by atoms with E-state index in [1.165, 1.54) is 6.92 Å². The molecule has 3 aromatic rings. The van der Waals surface area contributed by atoms with Gasteiger partial charge in [0.1, 0.15) is 23.1 Å². The fourth-order valence-electron chi connectivity index (χ4n) is 3.97. The van der Waals surface area contributed by atoms with Crippen molar-refractivity contribution in [3.05, 3.63) is 74.2 Å². The van der Waals surface area contributed by atoms with Crippen molar-refractivity contribution in [3.63, 3.8) is 0 Å². The number of carbonyl (C=O) groups excluding carboxylic acids is 1. The molecule has 186 valence electrons. The van der Waals surface area contributed by atoms with Crippen LogP contribution in [0.25, 0.3) is 10.9 Å². The highest BCUT2D eigenvalue weighted by Crippen LogP contribution is 2.18. The molecule has 9 nitrogen and oxygen atoms in total. The van der Waals surface area contributed by atoms with Gasteiger partial charge in [0, 0.05) is 25.7 Å². The van der Waals surface area contributed by atoms with Crippen LogP contribution in [0.3, 0.4) is 0 Å². The van der Waals surface area contributed by atoms with Crippen LogP contribution in [0.4, 0.5) is 17.6 Å². The smallest absolute Gasteiger partial charge is 0.329 e. The number of halogens is 4. The number of nitrogens with zero attached hydrogens (tertiary/aromatic N) is 3. The SMILES string of the molecule is C[C@H](NC(=O)[C@@H](CN1CCOCC1)n1c(=O)[nH]c2ccc(F)c(F)c2c1=O)c1ncc(F)cc1F. The average molecular weight is 495 g/mol. The lowest BCUT2D eigenvalue weighted by Crippen LogP contribution is -2.51. The van der Waals surface area contributed by atoms with Crippen molar-refractivity contribution in [1.82, 2.24) is 24.8 Å². The molecule has 2 atom stereocenters. The zero-order valence-corrected chi connectivity index (χ0v) is 18.5. The molecule has 1 amide bonds. The minimum absolute atomic E-state index is 0.146. The van der Waals surface area contributed by atoms with E-state index in [-0.39, 0.29) is 17.8 Å². The maximum Gasteiger partial charge on any atom is 0.329 e. The van der Waals surface area contributed by atoms with Crippen LogP contribution in [-0.2, 0) is 9.53 Å². The summed E-state index contributed by atoms with van der Waals surface area (Å²) in [5.74, 6) is -5.54. The van der Waals surface area contributed by atoms with Gasteiger partial charge in [-0.3, -0.25) is 19.5 Å². The number of fused-ring (bicyclic) bond motifs is 1. The van der Waals surface area contributed by atoms with E-state index in [0.29, 0.717) is 36.9 Å². The van der Waals surface area contributed by atoms with Crippen molar-refractivity contribution in [2.75, 3.05) is 32.8 Å². The van der Waals surface area contributed by atoms with Crippen molar-refractivity contribution in [3.8, 4) is 0 Å². The molecule has 35 heavy (non-hydrogen) atoms. The van der Waals surface area contributed by atoms with Gasteiger partial charge in [0.25, 0.3) is 5.56 Å². The minimum Gasteiger partial charge on any atom is -0.379 e. The van der Waals surface area contributed by atoms with Gasteiger partial charge in [0.05, 0.1) is 36.7 Å². The molecule has 2 aromatic heterocycles. The van der Waals surface area contributed by atoms with Crippen molar-refractivity contribution in [1.29, 1.82) is 0 Å². The number of hydrogen-bond acceptors (Lipinski definition) is 6. The molecule has 4 rings (SSSR count). The maximum absolute atomic E-state index is 14.5. The highest BCUT2D eigenvalue weighted by molar-refractivity contribution is 5.82. The number of rotatable bonds is 6. The number of amides is 1. The average Bonchev–Trinajstić information content (AvgIpc) is 2.81. The molecule has 0 saturated carbocycles. The largest absolute Gasteiger partial charge is 0.379 e. The first-order valence-corrected chi connectivity index (χ1v) is 10.7. The number of aromatic amines is 1. The number of carbonyl (C=O) groups is 1. The van der Waals surface area contributed by atoms with Gasteiger partial charge in [-0.15, -0.1) is 0 Å². The lowest BCUT2D eigenvalue weighted by molar-refractivity contribution is -0.126. The molecule has 1 fully saturated rings. The predicted molar refractivity (Wildman–Crippen MR) is 116 cm³/mol. The molecule has 0 unspecified atom stereocenters. The topological polar surface area (TPSA) is 109 Å². The molecular formula is C22H21F4N5O4. The molecule has 13 heteroatoms. The van der Waals surface area contributed by atoms with Crippen LogP contribution in [0.1, 0.15) is 24.7 Å². The first-order chi connectivity index (χ1) is 16.7. The van der Waals surface area contributed by atoms with Crippen LogP contribution >= 0.6 is 0 Å². The van der Waals surface area contributed by atoms with E-state index in [4.69, 9.17) is 4.74 Å². The summed E-state index contributed by atoms with van der Waals surface area (Å²) in [5, 5.41) is 1.75. The van der Waals surface area contributed by atoms with Gasteiger partial charge < -0.3 is 15.0 Å². The van der Waals surface area contributed by atoms with Gasteiger partial charge in [-0.25, -0.2) is 26.9 Å². The summed E-state index contributed by atoms with van der Waals surface area (Å²) in [6, 6.07) is -0.155. The molecule has 0 radical (unpaired) electrons. The fraction of sp³-hybridized carbons (Fsp3) is 0.364. The lowest BCUT2D eigenvalue weighted by Gasteiger charge is -2.31. The second-order valence-electron chi connectivity index (χ2n) is 8.07. The van der Waals surface area contributed by atoms with Gasteiger partial charge >= 0.3 is 5.69 Å². The summed E-state index contributed by atoms with van der Waals surface area (Å²) < 4.78 is 61.5. The monoisotopic (exact) mass is 495 g/mol. The van der Waals surface area contributed by atoms with Crippen LogP contribution in [-0.4, -0.2) is 58.2 Å². The summed E-state index contributed by atoms with van der Waals surface area (Å²) in [4.78, 5) is 47.0. The van der Waals surface area contributed by atoms with E-state index >= 15 is 0 Å². The minimum atomic E-state index is -1.50. The lowest BCUT2D eigenvalue weighted by atomic mass is 10.1. The van der Waals surface area contributed by atoms with Crippen LogP contribution < -0.4 is 16.6 Å². The number of aromatic nitrogens is 3. The summed E-state index contributed by atoms with van der Waals surface area (Å²) in [7, 11) is 0. The molecule has 0 spiro atoms. The van der Waals surface area contributed by atoms with Gasteiger partial charge in [-0.2, -0.15) is 0 Å². The van der Waals surface area contributed by atoms with E-state index in [1.807, 2.05) is 0 Å². The Balaban J connectivity index is 1.76. The summed E-state index contributed by atoms with van der Waals surface area (Å²) in [6.07, 6.45) is 0.780. The summed E-state index contributed by atoms with van der Waals surface area (Å²) in [6.45, 7) is 2.70. The van der Waals surface area contributed by atoms with Crippen LogP contribution in [0.5, 0.6) is 0 Å². The van der Waals surface area contributed by atoms with Crippen LogP contribution in [0.15, 0.2) is 34.0 Å². The molecule has 2 N–H and O–H groups in total. The Labute approximate surface area is 195 Å². The Morgan fingerprint density at radius 2 is 1.89 bits per heavy atom. The van der Waals surface area contributed by atoms with Crippen molar-refractivity contribution in [2.45, 2.75) is 19.0 Å². The van der Waals surface area contributed by atoms with Gasteiger partial charge in [0.2, 0.25) is 5.91 Å². The third kappa shape index (κ3) is 4.95. The first kappa shape index (κ1) is 24.5. The van der Waals surface area contributed by atoms with E-state index in [0.717, 1.165) is 18.3 Å². The first-order valence-electron chi connectivity index (χ1n) is 10.7. The van der Waals surface area contributed by atoms with Crippen molar-refractivity contribution >= 4 is 16.8 Å². The number of hydrogen-bond donors (Lipinski definition) is 2. The Bertz CT molecular complexity index is 1390. The summed E-state index contributed by atoms with van der Waals surface area (Å²) in [5.41, 5.74) is -2.71. The second-order valence-corrected chi connectivity index (χ2v) is 8.07. The third-order valence-electron chi connectivity index (χ3n) is 5.74. The predicted octanol–water partition coefficient (Wildman–Crippen LogP) is 1.39. The standard InChI is InChI=1S/C22H21F4N5O4/c1-11(19-14(25)8-12(23)9-27-19)28-20(32)16(10-30-4-6-35-7-5-30)31-21(33)17-15(29-22(31)34)3-2-13(24)18(17)26/h2-3,8-9,11,16H,4-7,10H2,1H3,(H,28,32)(H,29,34)/t11-,16+/m0/s1. The molecule has 0 aliphatic carbocycles. The number of nitrogens with one attached hydrogen (secondary N) is 2. The molecule has 1 aliphatic heterocycles. The van der Waals surface area contributed by atoms with Crippen LogP contribution in [0, 0.1) is 23.3 Å². The van der Waals surface area contributed by atoms with E-state index in [2.05, 4.69) is 15.3 Å². The highest BCUT2D eigenvalue weighted by atomic mass is 19.2.